The van der Waals surface area contributed by atoms with Crippen molar-refractivity contribution >= 4 is 34.2 Å². The van der Waals surface area contributed by atoms with E-state index in [0.717, 1.165) is 18.5 Å². The van der Waals surface area contributed by atoms with Crippen LogP contribution in [0.1, 0.15) is 12.8 Å². The first kappa shape index (κ1) is 15.7. The summed E-state index contributed by atoms with van der Waals surface area (Å²) in [6, 6.07) is 2.98. The number of hydrogen-bond acceptors (Lipinski definition) is 3. The number of halogens is 3. The summed E-state index contributed by atoms with van der Waals surface area (Å²) in [5.41, 5.74) is 1.38. The highest BCUT2D eigenvalue weighted by molar-refractivity contribution is 6.42. The molecular formula is C15H16Cl2FN3O. The highest BCUT2D eigenvalue weighted by atomic mass is 35.5. The minimum atomic E-state index is -0.549. The van der Waals surface area contributed by atoms with Gasteiger partial charge in [0.2, 0.25) is 0 Å². The molecule has 7 heteroatoms. The van der Waals surface area contributed by atoms with Crippen LogP contribution in [0.15, 0.2) is 30.4 Å². The minimum absolute atomic E-state index is 0.0410. The number of aliphatic hydroxyl groups is 1. The van der Waals surface area contributed by atoms with Gasteiger partial charge >= 0.3 is 0 Å². The number of allylic oxidation sites excluding steroid dienone is 1. The lowest BCUT2D eigenvalue weighted by atomic mass is 10.0. The van der Waals surface area contributed by atoms with Crippen molar-refractivity contribution in [2.45, 2.75) is 31.5 Å². The molecule has 1 unspecified atom stereocenters. The summed E-state index contributed by atoms with van der Waals surface area (Å²) in [7, 11) is 0. The first-order valence-electron chi connectivity index (χ1n) is 7.12. The van der Waals surface area contributed by atoms with E-state index in [0.29, 0.717) is 22.0 Å². The Morgan fingerprint density at radius 3 is 3.00 bits per heavy atom. The van der Waals surface area contributed by atoms with Crippen LogP contribution in [0.5, 0.6) is 0 Å². The monoisotopic (exact) mass is 343 g/mol. The van der Waals surface area contributed by atoms with Crippen LogP contribution in [0, 0.1) is 0 Å². The van der Waals surface area contributed by atoms with Crippen molar-refractivity contribution < 1.29 is 9.50 Å². The standard InChI is InChI=1S/C15H16Cl2FN3O/c16-10-5-12-14(6-11(10)17)21(8-20-12)7-9(18)4-13-15(22)2-1-3-19-13/h4-6,8,13,15,19,22H,1-3,7H2/b9-4-/t13-,15?/m0/s1. The van der Waals surface area contributed by atoms with Gasteiger partial charge in [-0.15, -0.1) is 0 Å². The quantitative estimate of drug-likeness (QED) is 0.898. The molecule has 1 aromatic heterocycles. The van der Waals surface area contributed by atoms with E-state index in [1.807, 2.05) is 0 Å². The molecular weight excluding hydrogens is 328 g/mol. The van der Waals surface area contributed by atoms with Crippen LogP contribution in [0.2, 0.25) is 10.0 Å². The van der Waals surface area contributed by atoms with Gasteiger partial charge in [0.25, 0.3) is 0 Å². The number of nitrogens with zero attached hydrogens (tertiary/aromatic N) is 2. The van der Waals surface area contributed by atoms with Crippen LogP contribution < -0.4 is 5.32 Å². The summed E-state index contributed by atoms with van der Waals surface area (Å²) >= 11 is 11.9. The Kier molecular flexibility index (Phi) is 4.68. The molecule has 1 aliphatic rings. The smallest absolute Gasteiger partial charge is 0.117 e. The second-order valence-corrected chi connectivity index (χ2v) is 6.24. The zero-order valence-electron chi connectivity index (χ0n) is 11.8. The van der Waals surface area contributed by atoms with E-state index in [1.165, 1.54) is 6.08 Å². The van der Waals surface area contributed by atoms with Crippen molar-refractivity contribution in [2.24, 2.45) is 0 Å². The second-order valence-electron chi connectivity index (χ2n) is 5.43. The molecule has 1 aromatic carbocycles. The van der Waals surface area contributed by atoms with E-state index >= 15 is 0 Å². The van der Waals surface area contributed by atoms with Crippen molar-refractivity contribution in [1.29, 1.82) is 0 Å². The molecule has 0 radical (unpaired) electrons. The molecule has 0 amide bonds. The van der Waals surface area contributed by atoms with Crippen molar-refractivity contribution in [1.82, 2.24) is 14.9 Å². The molecule has 1 saturated heterocycles. The number of fused-ring (bicyclic) bond motifs is 1. The molecule has 2 heterocycles. The molecule has 1 aliphatic heterocycles. The summed E-state index contributed by atoms with van der Waals surface area (Å²) < 4.78 is 15.9. The maximum Gasteiger partial charge on any atom is 0.117 e. The fraction of sp³-hybridized carbons (Fsp3) is 0.400. The normalized spacial score (nSPS) is 23.2. The van der Waals surface area contributed by atoms with E-state index in [2.05, 4.69) is 10.3 Å². The number of hydrogen-bond donors (Lipinski definition) is 2. The third-order valence-electron chi connectivity index (χ3n) is 3.82. The van der Waals surface area contributed by atoms with Gasteiger partial charge < -0.3 is 15.0 Å². The fourth-order valence-corrected chi connectivity index (χ4v) is 2.97. The lowest BCUT2D eigenvalue weighted by Crippen LogP contribution is -2.43. The number of nitrogens with one attached hydrogen (secondary N) is 1. The molecule has 3 rings (SSSR count). The van der Waals surface area contributed by atoms with Crippen molar-refractivity contribution in [2.75, 3.05) is 6.54 Å². The van der Waals surface area contributed by atoms with Gasteiger partial charge in [0, 0.05) is 0 Å². The molecule has 0 aliphatic carbocycles. The Bertz CT molecular complexity index is 716. The molecule has 0 bridgehead atoms. The largest absolute Gasteiger partial charge is 0.391 e. The first-order chi connectivity index (χ1) is 10.5. The number of piperidine rings is 1. The van der Waals surface area contributed by atoms with E-state index < -0.39 is 6.10 Å². The molecule has 0 saturated carbocycles. The van der Waals surface area contributed by atoms with Crippen LogP contribution in [-0.2, 0) is 6.54 Å². The molecule has 2 N–H and O–H groups in total. The van der Waals surface area contributed by atoms with Crippen molar-refractivity contribution in [3.05, 3.63) is 40.4 Å². The van der Waals surface area contributed by atoms with Crippen LogP contribution in [0.4, 0.5) is 4.39 Å². The fourth-order valence-electron chi connectivity index (χ4n) is 2.66. The number of imidazole rings is 1. The summed E-state index contributed by atoms with van der Waals surface area (Å²) in [4.78, 5) is 4.20. The highest BCUT2D eigenvalue weighted by Crippen LogP contribution is 2.27. The van der Waals surface area contributed by atoms with Gasteiger partial charge in [-0.1, -0.05) is 23.2 Å². The summed E-state index contributed by atoms with van der Waals surface area (Å²) in [5.74, 6) is -0.330. The van der Waals surface area contributed by atoms with Crippen LogP contribution in [0.3, 0.4) is 0 Å². The maximum absolute atomic E-state index is 14.2. The summed E-state index contributed by atoms with van der Waals surface area (Å²) in [6.45, 7) is 0.826. The predicted molar refractivity (Wildman–Crippen MR) is 86.0 cm³/mol. The Morgan fingerprint density at radius 2 is 2.23 bits per heavy atom. The van der Waals surface area contributed by atoms with Crippen LogP contribution >= 0.6 is 23.2 Å². The van der Waals surface area contributed by atoms with E-state index in [-0.39, 0.29) is 18.4 Å². The van der Waals surface area contributed by atoms with Gasteiger partial charge in [0.05, 0.1) is 46.1 Å². The van der Waals surface area contributed by atoms with Gasteiger partial charge in [0.15, 0.2) is 0 Å². The molecule has 118 valence electrons. The topological polar surface area (TPSA) is 50.1 Å². The number of rotatable bonds is 3. The Balaban J connectivity index is 1.81. The van der Waals surface area contributed by atoms with E-state index in [9.17, 15) is 9.50 Å². The number of aliphatic hydroxyl groups excluding tert-OH is 1. The third kappa shape index (κ3) is 3.27. The zero-order chi connectivity index (χ0) is 15.7. The maximum atomic E-state index is 14.2. The predicted octanol–water partition coefficient (Wildman–Crippen LogP) is 3.31. The Hall–Kier alpha value is -1.14. The SMILES string of the molecule is OC1CCCN[C@H]1/C=C(\F)Cn1cnc2cc(Cl)c(Cl)cc21. The highest BCUT2D eigenvalue weighted by Gasteiger charge is 2.21. The molecule has 1 fully saturated rings. The molecule has 0 spiro atoms. The lowest BCUT2D eigenvalue weighted by molar-refractivity contribution is 0.114. The van der Waals surface area contributed by atoms with Crippen molar-refractivity contribution in [3.8, 4) is 0 Å². The Morgan fingerprint density at radius 1 is 1.45 bits per heavy atom. The third-order valence-corrected chi connectivity index (χ3v) is 4.54. The van der Waals surface area contributed by atoms with Gasteiger partial charge in [0.1, 0.15) is 5.83 Å². The first-order valence-corrected chi connectivity index (χ1v) is 7.87. The second kappa shape index (κ2) is 6.54. The lowest BCUT2D eigenvalue weighted by Gasteiger charge is -2.26. The molecule has 22 heavy (non-hydrogen) atoms. The number of aromatic nitrogens is 2. The van der Waals surface area contributed by atoms with Crippen LogP contribution in [-0.4, -0.2) is 33.3 Å². The zero-order valence-corrected chi connectivity index (χ0v) is 13.3. The van der Waals surface area contributed by atoms with E-state index in [4.69, 9.17) is 23.2 Å². The summed E-state index contributed by atoms with van der Waals surface area (Å²) in [5, 5.41) is 13.8. The van der Waals surface area contributed by atoms with Gasteiger partial charge in [-0.25, -0.2) is 9.37 Å². The average Bonchev–Trinajstić information content (AvgIpc) is 2.84. The van der Waals surface area contributed by atoms with Gasteiger partial charge in [-0.3, -0.25) is 0 Å². The molecule has 2 atom stereocenters. The van der Waals surface area contributed by atoms with Gasteiger partial charge in [-0.05, 0) is 37.6 Å². The van der Waals surface area contributed by atoms with Crippen molar-refractivity contribution in [3.63, 3.8) is 0 Å². The molecule has 2 aromatic rings. The Labute approximate surface area is 137 Å². The number of benzene rings is 1. The average molecular weight is 344 g/mol. The minimum Gasteiger partial charge on any atom is -0.391 e. The van der Waals surface area contributed by atoms with Gasteiger partial charge in [-0.2, -0.15) is 0 Å². The van der Waals surface area contributed by atoms with Crippen LogP contribution in [0.25, 0.3) is 11.0 Å². The summed E-state index contributed by atoms with van der Waals surface area (Å²) in [6.07, 6.45) is 4.03. The van der Waals surface area contributed by atoms with E-state index in [1.54, 1.807) is 23.0 Å². The molecule has 4 nitrogen and oxygen atoms in total.